The van der Waals surface area contributed by atoms with Crippen LogP contribution in [0, 0.1) is 11.8 Å². The van der Waals surface area contributed by atoms with Crippen LogP contribution in [0.15, 0.2) is 24.3 Å². The predicted molar refractivity (Wildman–Crippen MR) is 80.9 cm³/mol. The third kappa shape index (κ3) is 4.32. The fraction of sp³-hybridized carbons (Fsp3) is 0.471. The Labute approximate surface area is 125 Å². The van der Waals surface area contributed by atoms with Gasteiger partial charge in [0.25, 0.3) is 5.91 Å². The van der Waals surface area contributed by atoms with E-state index in [2.05, 4.69) is 11.8 Å². The summed E-state index contributed by atoms with van der Waals surface area (Å²) < 4.78 is 5.64. The van der Waals surface area contributed by atoms with E-state index in [1.165, 1.54) is 0 Å². The van der Waals surface area contributed by atoms with E-state index < -0.39 is 0 Å². The number of aliphatic hydroxyl groups is 1. The van der Waals surface area contributed by atoms with E-state index in [0.29, 0.717) is 25.1 Å². The van der Waals surface area contributed by atoms with Crippen LogP contribution < -0.4 is 0 Å². The van der Waals surface area contributed by atoms with E-state index in [1.54, 1.807) is 12.1 Å². The lowest BCUT2D eigenvalue weighted by atomic mass is 10.1. The molecule has 1 aliphatic rings. The van der Waals surface area contributed by atoms with Gasteiger partial charge in [0.2, 0.25) is 0 Å². The summed E-state index contributed by atoms with van der Waals surface area (Å²) in [5.41, 5.74) is 1.52. The molecule has 4 nitrogen and oxygen atoms in total. The first-order chi connectivity index (χ1) is 10.1. The number of nitrogens with zero attached hydrogens (tertiary/aromatic N) is 1. The van der Waals surface area contributed by atoms with Crippen LogP contribution in [0.2, 0.25) is 0 Å². The van der Waals surface area contributed by atoms with Gasteiger partial charge in [-0.2, -0.15) is 0 Å². The van der Waals surface area contributed by atoms with Crippen molar-refractivity contribution in [2.45, 2.75) is 32.5 Å². The van der Waals surface area contributed by atoms with Gasteiger partial charge >= 0.3 is 0 Å². The van der Waals surface area contributed by atoms with Crippen LogP contribution in [0.1, 0.15) is 36.2 Å². The van der Waals surface area contributed by atoms with E-state index in [4.69, 9.17) is 9.84 Å². The lowest BCUT2D eigenvalue weighted by Crippen LogP contribution is -2.48. The Hall–Kier alpha value is -1.83. The summed E-state index contributed by atoms with van der Waals surface area (Å²) in [7, 11) is 0. The first-order valence-electron chi connectivity index (χ1n) is 7.24. The summed E-state index contributed by atoms with van der Waals surface area (Å²) in [6, 6.07) is 7.28. The highest BCUT2D eigenvalue weighted by molar-refractivity contribution is 5.94. The van der Waals surface area contributed by atoms with Gasteiger partial charge < -0.3 is 14.7 Å². The first kappa shape index (κ1) is 15.6. The van der Waals surface area contributed by atoms with Crippen LogP contribution in [0.4, 0.5) is 0 Å². The molecule has 1 N–H and O–H groups in total. The molecular formula is C17H21NO3. The molecule has 0 spiro atoms. The summed E-state index contributed by atoms with van der Waals surface area (Å²) >= 11 is 0. The van der Waals surface area contributed by atoms with Crippen molar-refractivity contribution < 1.29 is 14.6 Å². The number of benzene rings is 1. The number of hydrogen-bond donors (Lipinski definition) is 1. The molecule has 1 heterocycles. The summed E-state index contributed by atoms with van der Waals surface area (Å²) in [4.78, 5) is 14.3. The average molecular weight is 287 g/mol. The molecule has 1 aromatic carbocycles. The standard InChI is InChI=1S/C17H21NO3/c1-13-11-18(12-14(2)21-13)17(20)16-8-6-15(7-9-16)5-3-4-10-19/h6-9,13-14,19H,4,10-12H2,1-2H3. The Morgan fingerprint density at radius 2 is 1.90 bits per heavy atom. The highest BCUT2D eigenvalue weighted by Crippen LogP contribution is 2.14. The summed E-state index contributed by atoms with van der Waals surface area (Å²) in [6.07, 6.45) is 0.604. The van der Waals surface area contributed by atoms with Gasteiger partial charge in [0.15, 0.2) is 0 Å². The van der Waals surface area contributed by atoms with Crippen LogP contribution in [-0.4, -0.2) is 47.8 Å². The Morgan fingerprint density at radius 1 is 1.29 bits per heavy atom. The Morgan fingerprint density at radius 3 is 2.48 bits per heavy atom. The van der Waals surface area contributed by atoms with Crippen molar-refractivity contribution in [3.63, 3.8) is 0 Å². The van der Waals surface area contributed by atoms with Gasteiger partial charge in [0, 0.05) is 30.6 Å². The number of amides is 1. The minimum absolute atomic E-state index is 0.0341. The highest BCUT2D eigenvalue weighted by Gasteiger charge is 2.26. The maximum Gasteiger partial charge on any atom is 0.254 e. The minimum Gasteiger partial charge on any atom is -0.395 e. The second-order valence-electron chi connectivity index (χ2n) is 5.32. The number of ether oxygens (including phenoxy) is 1. The van der Waals surface area contributed by atoms with E-state index in [9.17, 15) is 4.79 Å². The van der Waals surface area contributed by atoms with Crippen LogP contribution in [0.25, 0.3) is 0 Å². The van der Waals surface area contributed by atoms with E-state index in [1.807, 2.05) is 30.9 Å². The molecule has 1 saturated heterocycles. The van der Waals surface area contributed by atoms with Crippen LogP contribution >= 0.6 is 0 Å². The van der Waals surface area contributed by atoms with Gasteiger partial charge in [-0.3, -0.25) is 4.79 Å². The van der Waals surface area contributed by atoms with Crippen molar-refractivity contribution in [3.05, 3.63) is 35.4 Å². The lowest BCUT2D eigenvalue weighted by Gasteiger charge is -2.35. The van der Waals surface area contributed by atoms with Gasteiger partial charge in [-0.15, -0.1) is 0 Å². The number of carbonyl (C=O) groups excluding carboxylic acids is 1. The third-order valence-corrected chi connectivity index (χ3v) is 3.31. The lowest BCUT2D eigenvalue weighted by molar-refractivity contribution is -0.0586. The normalized spacial score (nSPS) is 21.6. The van der Waals surface area contributed by atoms with Crippen molar-refractivity contribution in [3.8, 4) is 11.8 Å². The molecule has 0 aliphatic carbocycles. The number of morpholine rings is 1. The molecule has 1 aromatic rings. The molecule has 2 atom stereocenters. The SMILES string of the molecule is CC1CN(C(=O)c2ccc(C#CCCO)cc2)CC(C)O1. The molecule has 1 aliphatic heterocycles. The maximum atomic E-state index is 12.5. The van der Waals surface area contributed by atoms with Gasteiger partial charge in [0.05, 0.1) is 18.8 Å². The molecule has 0 saturated carbocycles. The monoisotopic (exact) mass is 287 g/mol. The molecule has 21 heavy (non-hydrogen) atoms. The van der Waals surface area contributed by atoms with Crippen molar-refractivity contribution in [2.24, 2.45) is 0 Å². The zero-order valence-electron chi connectivity index (χ0n) is 12.5. The smallest absolute Gasteiger partial charge is 0.254 e. The second-order valence-corrected chi connectivity index (χ2v) is 5.32. The minimum atomic E-state index is 0.0341. The summed E-state index contributed by atoms with van der Waals surface area (Å²) in [6.45, 7) is 5.28. The molecular weight excluding hydrogens is 266 g/mol. The summed E-state index contributed by atoms with van der Waals surface area (Å²) in [5.74, 6) is 5.85. The van der Waals surface area contributed by atoms with Crippen molar-refractivity contribution in [1.82, 2.24) is 4.90 Å². The molecule has 4 heteroatoms. The molecule has 2 rings (SSSR count). The van der Waals surface area contributed by atoms with Crippen molar-refractivity contribution in [2.75, 3.05) is 19.7 Å². The van der Waals surface area contributed by atoms with E-state index >= 15 is 0 Å². The van der Waals surface area contributed by atoms with E-state index in [-0.39, 0.29) is 24.7 Å². The Balaban J connectivity index is 2.04. The zero-order chi connectivity index (χ0) is 15.2. The topological polar surface area (TPSA) is 49.8 Å². The molecule has 2 unspecified atom stereocenters. The number of hydrogen-bond acceptors (Lipinski definition) is 3. The van der Waals surface area contributed by atoms with Crippen LogP contribution in [0.5, 0.6) is 0 Å². The molecule has 112 valence electrons. The number of aliphatic hydroxyl groups excluding tert-OH is 1. The van der Waals surface area contributed by atoms with Crippen LogP contribution in [-0.2, 0) is 4.74 Å². The van der Waals surface area contributed by atoms with Crippen molar-refractivity contribution in [1.29, 1.82) is 0 Å². The van der Waals surface area contributed by atoms with E-state index in [0.717, 1.165) is 5.56 Å². The predicted octanol–water partition coefficient (Wildman–Crippen LogP) is 1.67. The third-order valence-electron chi connectivity index (χ3n) is 3.31. The molecule has 0 bridgehead atoms. The van der Waals surface area contributed by atoms with Gasteiger partial charge in [-0.25, -0.2) is 0 Å². The first-order valence-corrected chi connectivity index (χ1v) is 7.24. The number of rotatable bonds is 2. The summed E-state index contributed by atoms with van der Waals surface area (Å²) in [5, 5.41) is 8.69. The second kappa shape index (κ2) is 7.26. The van der Waals surface area contributed by atoms with Crippen LogP contribution in [0.3, 0.4) is 0 Å². The maximum absolute atomic E-state index is 12.5. The Kier molecular flexibility index (Phi) is 5.38. The average Bonchev–Trinajstić information content (AvgIpc) is 2.46. The number of carbonyl (C=O) groups is 1. The van der Waals surface area contributed by atoms with Crippen molar-refractivity contribution >= 4 is 5.91 Å². The Bertz CT molecular complexity index is 531. The molecule has 0 aromatic heterocycles. The molecule has 1 amide bonds. The zero-order valence-corrected chi connectivity index (χ0v) is 12.5. The molecule has 0 radical (unpaired) electrons. The largest absolute Gasteiger partial charge is 0.395 e. The fourth-order valence-electron chi connectivity index (χ4n) is 2.44. The quantitative estimate of drug-likeness (QED) is 0.842. The fourth-order valence-corrected chi connectivity index (χ4v) is 2.44. The highest BCUT2D eigenvalue weighted by atomic mass is 16.5. The van der Waals surface area contributed by atoms with Gasteiger partial charge in [-0.05, 0) is 38.1 Å². The van der Waals surface area contributed by atoms with Gasteiger partial charge in [-0.1, -0.05) is 11.8 Å². The van der Waals surface area contributed by atoms with Gasteiger partial charge in [0.1, 0.15) is 0 Å². The molecule has 1 fully saturated rings.